The molecule has 0 aliphatic heterocycles. The first-order valence-electron chi connectivity index (χ1n) is 6.92. The van der Waals surface area contributed by atoms with E-state index in [1.807, 2.05) is 12.1 Å². The van der Waals surface area contributed by atoms with Gasteiger partial charge in [-0.1, -0.05) is 11.6 Å². The minimum absolute atomic E-state index is 0.196. The molecule has 0 radical (unpaired) electrons. The van der Waals surface area contributed by atoms with Gasteiger partial charge in [-0.05, 0) is 50.2 Å². The first kappa shape index (κ1) is 15.3. The first-order valence-corrected chi connectivity index (χ1v) is 7.30. The van der Waals surface area contributed by atoms with Crippen LogP contribution in [0.3, 0.4) is 0 Å². The van der Waals surface area contributed by atoms with Gasteiger partial charge in [0.25, 0.3) is 5.91 Å². The lowest BCUT2D eigenvalue weighted by Crippen LogP contribution is -2.24. The smallest absolute Gasteiger partial charge is 0.256 e. The van der Waals surface area contributed by atoms with Gasteiger partial charge < -0.3 is 10.2 Å². The number of carbonyl (C=O) groups is 1. The van der Waals surface area contributed by atoms with E-state index < -0.39 is 0 Å². The third-order valence-electron chi connectivity index (χ3n) is 3.23. The summed E-state index contributed by atoms with van der Waals surface area (Å²) in [6.07, 6.45) is 1.67. The van der Waals surface area contributed by atoms with Crippen molar-refractivity contribution in [1.29, 1.82) is 0 Å². The quantitative estimate of drug-likeness (QED) is 0.913. The molecule has 110 valence electrons. The van der Waals surface area contributed by atoms with Crippen molar-refractivity contribution >= 4 is 29.0 Å². The first-order chi connectivity index (χ1) is 10.2. The lowest BCUT2D eigenvalue weighted by molar-refractivity contribution is 0.102. The van der Waals surface area contributed by atoms with Gasteiger partial charge in [-0.2, -0.15) is 0 Å². The Labute approximate surface area is 129 Å². The fraction of sp³-hybridized carbons (Fsp3) is 0.250. The average molecular weight is 304 g/mol. The zero-order valence-electron chi connectivity index (χ0n) is 12.1. The molecule has 21 heavy (non-hydrogen) atoms. The van der Waals surface area contributed by atoms with Crippen LogP contribution in [0, 0.1) is 0 Å². The van der Waals surface area contributed by atoms with Crippen molar-refractivity contribution in [1.82, 2.24) is 4.98 Å². The molecular weight excluding hydrogens is 286 g/mol. The van der Waals surface area contributed by atoms with Crippen molar-refractivity contribution < 1.29 is 4.79 Å². The van der Waals surface area contributed by atoms with Gasteiger partial charge in [0.2, 0.25) is 0 Å². The van der Waals surface area contributed by atoms with Crippen LogP contribution in [0.15, 0.2) is 42.6 Å². The number of nitrogens with one attached hydrogen (secondary N) is 1. The zero-order chi connectivity index (χ0) is 15.2. The van der Waals surface area contributed by atoms with Gasteiger partial charge in [-0.3, -0.25) is 4.79 Å². The highest BCUT2D eigenvalue weighted by molar-refractivity contribution is 6.30. The van der Waals surface area contributed by atoms with Gasteiger partial charge in [0, 0.05) is 29.9 Å². The summed E-state index contributed by atoms with van der Waals surface area (Å²) in [6.45, 7) is 5.85. The van der Waals surface area contributed by atoms with Crippen molar-refractivity contribution in [2.24, 2.45) is 0 Å². The summed E-state index contributed by atoms with van der Waals surface area (Å²) in [7, 11) is 0. The van der Waals surface area contributed by atoms with E-state index in [-0.39, 0.29) is 5.91 Å². The predicted molar refractivity (Wildman–Crippen MR) is 87.2 cm³/mol. The Balaban J connectivity index is 2.23. The Morgan fingerprint density at radius 2 is 1.86 bits per heavy atom. The maximum absolute atomic E-state index is 12.3. The number of benzene rings is 1. The molecule has 0 fully saturated rings. The number of nitrogens with zero attached hydrogens (tertiary/aromatic N) is 2. The molecule has 1 amide bonds. The molecule has 0 saturated heterocycles. The van der Waals surface area contributed by atoms with E-state index in [4.69, 9.17) is 11.6 Å². The highest BCUT2D eigenvalue weighted by Gasteiger charge is 2.13. The molecule has 2 aromatic rings. The summed E-state index contributed by atoms with van der Waals surface area (Å²) < 4.78 is 0. The molecule has 0 saturated carbocycles. The Kier molecular flexibility index (Phi) is 5.17. The third-order valence-corrected chi connectivity index (χ3v) is 3.48. The second kappa shape index (κ2) is 7.09. The monoisotopic (exact) mass is 303 g/mol. The molecule has 1 aromatic heterocycles. The molecule has 1 heterocycles. The van der Waals surface area contributed by atoms with Gasteiger partial charge in [-0.25, -0.2) is 4.98 Å². The normalized spacial score (nSPS) is 10.2. The Morgan fingerprint density at radius 1 is 1.19 bits per heavy atom. The highest BCUT2D eigenvalue weighted by atomic mass is 35.5. The number of hydrogen-bond acceptors (Lipinski definition) is 3. The molecule has 1 aromatic carbocycles. The Bertz CT molecular complexity index is 609. The predicted octanol–water partition coefficient (Wildman–Crippen LogP) is 3.83. The number of rotatable bonds is 5. The third kappa shape index (κ3) is 3.73. The van der Waals surface area contributed by atoms with Crippen LogP contribution in [-0.4, -0.2) is 24.0 Å². The lowest BCUT2D eigenvalue weighted by atomic mass is 10.2. The van der Waals surface area contributed by atoms with E-state index >= 15 is 0 Å². The topological polar surface area (TPSA) is 45.2 Å². The summed E-state index contributed by atoms with van der Waals surface area (Å²) in [4.78, 5) is 18.7. The van der Waals surface area contributed by atoms with Crippen LogP contribution in [0.4, 0.5) is 11.5 Å². The summed E-state index contributed by atoms with van der Waals surface area (Å²) in [5.74, 6) is 0.375. The molecule has 4 nitrogen and oxygen atoms in total. The maximum Gasteiger partial charge on any atom is 0.256 e. The molecule has 0 aliphatic rings. The summed E-state index contributed by atoms with van der Waals surface area (Å²) in [5, 5.41) is 3.47. The van der Waals surface area contributed by atoms with Crippen LogP contribution >= 0.6 is 11.6 Å². The van der Waals surface area contributed by atoms with Gasteiger partial charge in [0.1, 0.15) is 0 Å². The molecule has 0 atom stereocenters. The number of aromatic nitrogens is 1. The highest BCUT2D eigenvalue weighted by Crippen LogP contribution is 2.23. The molecule has 5 heteroatoms. The second-order valence-electron chi connectivity index (χ2n) is 4.50. The molecule has 1 N–H and O–H groups in total. The van der Waals surface area contributed by atoms with Crippen molar-refractivity contribution in [3.63, 3.8) is 0 Å². The summed E-state index contributed by atoms with van der Waals surface area (Å²) >= 11 is 5.83. The lowest BCUT2D eigenvalue weighted by Gasteiger charge is -2.23. The largest absolute Gasteiger partial charge is 0.369 e. The number of pyridine rings is 1. The van der Waals surface area contributed by atoms with Crippen molar-refractivity contribution in [2.75, 3.05) is 23.3 Å². The fourth-order valence-electron chi connectivity index (χ4n) is 2.09. The average Bonchev–Trinajstić information content (AvgIpc) is 2.50. The van der Waals surface area contributed by atoms with Crippen LogP contribution in [0.1, 0.15) is 24.2 Å². The Hall–Kier alpha value is -2.07. The molecule has 2 rings (SSSR count). The molecule has 0 aliphatic carbocycles. The van der Waals surface area contributed by atoms with E-state index in [1.165, 1.54) is 0 Å². The van der Waals surface area contributed by atoms with E-state index in [0.29, 0.717) is 16.4 Å². The molecule has 0 spiro atoms. The number of carbonyl (C=O) groups excluding carboxylic acids is 1. The number of anilines is 2. The van der Waals surface area contributed by atoms with Crippen LogP contribution in [0.25, 0.3) is 0 Å². The van der Waals surface area contributed by atoms with Gasteiger partial charge in [-0.15, -0.1) is 0 Å². The van der Waals surface area contributed by atoms with Crippen molar-refractivity contribution in [2.45, 2.75) is 13.8 Å². The van der Waals surface area contributed by atoms with Crippen molar-refractivity contribution in [3.05, 3.63) is 53.2 Å². The maximum atomic E-state index is 12.3. The molecular formula is C16H18ClN3O. The fourth-order valence-corrected chi connectivity index (χ4v) is 2.22. The standard InChI is InChI=1S/C16H18ClN3O/c1-3-20(4-2)14-6-5-11-18-15(14)19-16(21)12-7-9-13(17)10-8-12/h5-11H,3-4H2,1-2H3,(H,18,19,21). The van der Waals surface area contributed by atoms with Gasteiger partial charge in [0.15, 0.2) is 5.82 Å². The van der Waals surface area contributed by atoms with E-state index in [1.54, 1.807) is 30.5 Å². The van der Waals surface area contributed by atoms with Crippen LogP contribution in [0.2, 0.25) is 5.02 Å². The Morgan fingerprint density at radius 3 is 2.48 bits per heavy atom. The van der Waals surface area contributed by atoms with Gasteiger partial charge >= 0.3 is 0 Å². The van der Waals surface area contributed by atoms with Crippen molar-refractivity contribution in [3.8, 4) is 0 Å². The summed E-state index contributed by atoms with van der Waals surface area (Å²) in [6, 6.07) is 10.6. The van der Waals surface area contributed by atoms with Crippen LogP contribution in [-0.2, 0) is 0 Å². The van der Waals surface area contributed by atoms with E-state index in [2.05, 4.69) is 29.0 Å². The van der Waals surface area contributed by atoms with E-state index in [9.17, 15) is 4.79 Å². The van der Waals surface area contributed by atoms with Gasteiger partial charge in [0.05, 0.1) is 5.69 Å². The number of hydrogen-bond donors (Lipinski definition) is 1. The molecule has 0 unspecified atom stereocenters. The molecule has 0 bridgehead atoms. The summed E-state index contributed by atoms with van der Waals surface area (Å²) in [5.41, 5.74) is 1.47. The number of amides is 1. The number of halogens is 1. The minimum Gasteiger partial charge on any atom is -0.369 e. The minimum atomic E-state index is -0.196. The zero-order valence-corrected chi connectivity index (χ0v) is 12.9. The van der Waals surface area contributed by atoms with E-state index in [0.717, 1.165) is 18.8 Å². The van der Waals surface area contributed by atoms with Crippen LogP contribution in [0.5, 0.6) is 0 Å². The van der Waals surface area contributed by atoms with Crippen LogP contribution < -0.4 is 10.2 Å². The second-order valence-corrected chi connectivity index (χ2v) is 4.94. The SMILES string of the molecule is CCN(CC)c1cccnc1NC(=O)c1ccc(Cl)cc1.